The fourth-order valence-corrected chi connectivity index (χ4v) is 9.39. The van der Waals surface area contributed by atoms with Gasteiger partial charge in [-0.25, -0.2) is 49.0 Å². The lowest BCUT2D eigenvalue weighted by molar-refractivity contribution is -0.138. The average Bonchev–Trinajstić information content (AvgIpc) is 4.14. The molecule has 2 atom stereocenters. The van der Waals surface area contributed by atoms with Gasteiger partial charge in [0, 0.05) is 18.3 Å². The van der Waals surface area contributed by atoms with Crippen LogP contribution < -0.4 is 16.0 Å². The van der Waals surface area contributed by atoms with Crippen LogP contribution in [-0.2, 0) is 34.0 Å². The molecule has 0 spiro atoms. The fraction of sp³-hybridized carbons (Fsp3) is 0.273. The zero-order chi connectivity index (χ0) is 45.9. The van der Waals surface area contributed by atoms with Crippen molar-refractivity contribution >= 4 is 54.7 Å². The van der Waals surface area contributed by atoms with Gasteiger partial charge in [-0.3, -0.25) is 4.79 Å². The van der Waals surface area contributed by atoms with E-state index in [2.05, 4.69) is 20.9 Å². The second kappa shape index (κ2) is 18.6. The summed E-state index contributed by atoms with van der Waals surface area (Å²) in [5.41, 5.74) is -0.199. The van der Waals surface area contributed by atoms with Crippen molar-refractivity contribution in [1.29, 1.82) is 0 Å². The summed E-state index contributed by atoms with van der Waals surface area (Å²) < 4.78 is 109. The fourth-order valence-electron chi connectivity index (χ4n) is 6.08. The van der Waals surface area contributed by atoms with E-state index in [1.54, 1.807) is 20.8 Å². The third-order valence-corrected chi connectivity index (χ3v) is 14.2. The van der Waals surface area contributed by atoms with Gasteiger partial charge in [0.25, 0.3) is 5.91 Å². The number of carboxylic acid groups (broad SMARTS) is 1. The quantitative estimate of drug-likeness (QED) is 0.0617. The number of hydrogen-bond donors (Lipinski definition) is 4. The first-order chi connectivity index (χ1) is 29.6. The molecule has 4 N–H and O–H groups in total. The first kappa shape index (κ1) is 46.2. The minimum Gasteiger partial charge on any atom is -0.479 e. The van der Waals surface area contributed by atoms with Crippen LogP contribution in [0.2, 0.25) is 0 Å². The standard InChI is InChI=1S/C27H27F2N3O5S.C17H15F2NO4S/c1-27(2,3)37-26(34)17-6-13-23(30-15-17)32-25(33)24(31-22-12-7-18(28)14-21(22)29)16-4-8-19(9-5-16)38(35,36)20-10-11-20;18-11-3-8-15(14(19)9-11)20-16(17(21)22)10-1-4-12(5-2-10)25(23,24)13-6-7-13/h4-9,12-15,20,24,31H,10-11H2,1-3H3,(H,30,32,33);1-5,8-9,13,16,20H,6-7H2,(H,21,22). The van der Waals surface area contributed by atoms with E-state index in [0.29, 0.717) is 43.4 Å². The minimum atomic E-state index is -3.44. The summed E-state index contributed by atoms with van der Waals surface area (Å²) in [6.45, 7) is 5.20. The first-order valence-corrected chi connectivity index (χ1v) is 22.6. The van der Waals surface area contributed by atoms with Crippen molar-refractivity contribution in [1.82, 2.24) is 4.98 Å². The second-order valence-electron chi connectivity index (χ2n) is 15.8. The molecule has 1 heterocycles. The lowest BCUT2D eigenvalue weighted by Gasteiger charge is -2.21. The Bertz CT molecular complexity index is 2730. The van der Waals surface area contributed by atoms with E-state index in [0.717, 1.165) is 24.3 Å². The number of rotatable bonds is 14. The van der Waals surface area contributed by atoms with Gasteiger partial charge in [-0.1, -0.05) is 24.3 Å². The molecule has 5 aromatic rings. The van der Waals surface area contributed by atoms with E-state index in [4.69, 9.17) is 4.74 Å². The number of benzene rings is 4. The summed E-state index contributed by atoms with van der Waals surface area (Å²) in [5, 5.41) is 16.5. The number of ether oxygens (including phenoxy) is 1. The summed E-state index contributed by atoms with van der Waals surface area (Å²) >= 11 is 0. The second-order valence-corrected chi connectivity index (χ2v) is 20.2. The van der Waals surface area contributed by atoms with Crippen molar-refractivity contribution in [3.8, 4) is 0 Å². The number of sulfone groups is 2. The molecule has 0 aliphatic heterocycles. The monoisotopic (exact) mass is 910 g/mol. The molecule has 63 heavy (non-hydrogen) atoms. The Labute approximate surface area is 360 Å². The molecule has 4 aromatic carbocycles. The highest BCUT2D eigenvalue weighted by molar-refractivity contribution is 7.92. The highest BCUT2D eigenvalue weighted by Crippen LogP contribution is 2.35. The molecule has 0 bridgehead atoms. The maximum absolute atomic E-state index is 14.4. The van der Waals surface area contributed by atoms with Crippen molar-refractivity contribution in [3.63, 3.8) is 0 Å². The lowest BCUT2D eigenvalue weighted by atomic mass is 10.1. The summed E-state index contributed by atoms with van der Waals surface area (Å²) in [4.78, 5) is 41.4. The molecule has 0 radical (unpaired) electrons. The van der Waals surface area contributed by atoms with Gasteiger partial charge in [0.05, 0.1) is 37.2 Å². The molecule has 1 aromatic heterocycles. The smallest absolute Gasteiger partial charge is 0.340 e. The molecular formula is C44H42F4N4O9S2. The van der Waals surface area contributed by atoms with Crippen molar-refractivity contribution in [2.24, 2.45) is 0 Å². The van der Waals surface area contributed by atoms with Crippen LogP contribution in [0.1, 0.15) is 80.0 Å². The van der Waals surface area contributed by atoms with Crippen LogP contribution in [0, 0.1) is 23.3 Å². The molecule has 19 heteroatoms. The number of pyridine rings is 1. The van der Waals surface area contributed by atoms with Crippen molar-refractivity contribution in [2.75, 3.05) is 16.0 Å². The average molecular weight is 911 g/mol. The Kier molecular flexibility index (Phi) is 13.6. The lowest BCUT2D eigenvalue weighted by Crippen LogP contribution is -2.28. The summed E-state index contributed by atoms with van der Waals surface area (Å²) in [5.74, 6) is -5.76. The summed E-state index contributed by atoms with van der Waals surface area (Å²) in [7, 11) is -6.81. The van der Waals surface area contributed by atoms with Crippen LogP contribution >= 0.6 is 0 Å². The molecule has 1 amide bonds. The Morgan fingerprint density at radius 2 is 1.11 bits per heavy atom. The number of halogens is 4. The third kappa shape index (κ3) is 11.8. The molecular weight excluding hydrogens is 869 g/mol. The molecule has 2 aliphatic carbocycles. The number of nitrogens with zero attached hydrogens (tertiary/aromatic N) is 1. The molecule has 0 saturated heterocycles. The number of carbonyl (C=O) groups excluding carboxylic acids is 2. The van der Waals surface area contributed by atoms with E-state index in [9.17, 15) is 53.9 Å². The normalized spacial score (nSPS) is 14.9. The molecule has 2 aliphatic rings. The number of aromatic nitrogens is 1. The van der Waals surface area contributed by atoms with Crippen LogP contribution in [0.4, 0.5) is 34.8 Å². The Hall–Kier alpha value is -6.34. The van der Waals surface area contributed by atoms with Crippen LogP contribution in [0.25, 0.3) is 0 Å². The van der Waals surface area contributed by atoms with E-state index in [1.807, 2.05) is 0 Å². The highest BCUT2D eigenvalue weighted by Gasteiger charge is 2.38. The van der Waals surface area contributed by atoms with Crippen LogP contribution in [0.15, 0.2) is 113 Å². The number of aliphatic carboxylic acids is 1. The van der Waals surface area contributed by atoms with E-state index in [-0.39, 0.29) is 43.4 Å². The predicted molar refractivity (Wildman–Crippen MR) is 224 cm³/mol. The predicted octanol–water partition coefficient (Wildman–Crippen LogP) is 8.18. The summed E-state index contributed by atoms with van der Waals surface area (Å²) in [6.07, 6.45) is 3.74. The van der Waals surface area contributed by atoms with Gasteiger partial charge in [0.2, 0.25) is 0 Å². The topological polar surface area (TPSA) is 198 Å². The number of esters is 1. The van der Waals surface area contributed by atoms with E-state index >= 15 is 0 Å². The zero-order valence-corrected chi connectivity index (χ0v) is 35.6. The Balaban J connectivity index is 0.000000228. The van der Waals surface area contributed by atoms with Crippen LogP contribution in [0.3, 0.4) is 0 Å². The van der Waals surface area contributed by atoms with E-state index in [1.165, 1.54) is 66.9 Å². The number of carbonyl (C=O) groups is 3. The SMILES string of the molecule is CC(C)(C)OC(=O)c1ccc(NC(=O)C(Nc2ccc(F)cc2F)c2ccc(S(=O)(=O)C3CC3)cc2)nc1.O=C(O)C(Nc1ccc(F)cc1F)c1ccc(S(=O)(=O)C2CC2)cc1. The molecule has 2 saturated carbocycles. The zero-order valence-electron chi connectivity index (χ0n) is 33.9. The van der Waals surface area contributed by atoms with Crippen LogP contribution in [-0.4, -0.2) is 60.9 Å². The maximum Gasteiger partial charge on any atom is 0.340 e. The number of amides is 1. The number of hydrogen-bond acceptors (Lipinski definition) is 11. The molecule has 2 fully saturated rings. The van der Waals surface area contributed by atoms with Crippen molar-refractivity contribution < 1.29 is 58.6 Å². The number of carboxylic acids is 1. The maximum atomic E-state index is 14.4. The molecule has 13 nitrogen and oxygen atoms in total. The minimum absolute atomic E-state index is 0.113. The van der Waals surface area contributed by atoms with Gasteiger partial charge in [0.1, 0.15) is 40.7 Å². The van der Waals surface area contributed by atoms with Crippen LogP contribution in [0.5, 0.6) is 0 Å². The van der Waals surface area contributed by atoms with Crippen molar-refractivity contribution in [2.45, 2.75) is 84.4 Å². The first-order valence-electron chi connectivity index (χ1n) is 19.5. The Morgan fingerprint density at radius 3 is 1.49 bits per heavy atom. The largest absolute Gasteiger partial charge is 0.479 e. The molecule has 2 unspecified atom stereocenters. The van der Waals surface area contributed by atoms with Gasteiger partial charge in [0.15, 0.2) is 25.7 Å². The molecule has 332 valence electrons. The van der Waals surface area contributed by atoms with E-state index < -0.39 is 83.7 Å². The van der Waals surface area contributed by atoms with Gasteiger partial charge in [-0.15, -0.1) is 0 Å². The van der Waals surface area contributed by atoms with Gasteiger partial charge in [-0.05, 0) is 118 Å². The number of anilines is 3. The van der Waals surface area contributed by atoms with Gasteiger partial charge in [-0.2, -0.15) is 0 Å². The highest BCUT2D eigenvalue weighted by atomic mass is 32.2. The van der Waals surface area contributed by atoms with Crippen molar-refractivity contribution in [3.05, 3.63) is 143 Å². The van der Waals surface area contributed by atoms with Gasteiger partial charge >= 0.3 is 11.9 Å². The third-order valence-electron chi connectivity index (χ3n) is 9.63. The number of nitrogens with one attached hydrogen (secondary N) is 3. The Morgan fingerprint density at radius 1 is 0.667 bits per heavy atom. The summed E-state index contributed by atoms with van der Waals surface area (Å²) in [6, 6.07) is 17.2. The van der Waals surface area contributed by atoms with Gasteiger partial charge < -0.3 is 25.8 Å². The molecule has 7 rings (SSSR count).